The van der Waals surface area contributed by atoms with Crippen LogP contribution in [-0.4, -0.2) is 42.2 Å². The van der Waals surface area contributed by atoms with E-state index in [0.29, 0.717) is 42.1 Å². The molecular formula is C30H33N9O4. The Bertz CT molecular complexity index is 1530. The summed E-state index contributed by atoms with van der Waals surface area (Å²) in [5.74, 6) is 0.390. The highest BCUT2D eigenvalue weighted by Crippen LogP contribution is 2.45. The number of ether oxygens (including phenoxy) is 2. The summed E-state index contributed by atoms with van der Waals surface area (Å²) in [6.45, 7) is 3.00. The Morgan fingerprint density at radius 3 is 2.53 bits per heavy atom. The minimum atomic E-state index is -1.56. The Labute approximate surface area is 248 Å². The number of benzene rings is 3. The second-order valence-electron chi connectivity index (χ2n) is 9.75. The summed E-state index contributed by atoms with van der Waals surface area (Å²) >= 11 is 0. The quantitative estimate of drug-likeness (QED) is 0.0675. The predicted octanol–water partition coefficient (Wildman–Crippen LogP) is 5.73. The molecule has 1 aliphatic heterocycles. The van der Waals surface area contributed by atoms with Crippen LogP contribution in [0.3, 0.4) is 0 Å². The van der Waals surface area contributed by atoms with Crippen LogP contribution >= 0.6 is 0 Å². The van der Waals surface area contributed by atoms with Crippen LogP contribution in [0, 0.1) is 0 Å². The minimum absolute atomic E-state index is 0.0324. The van der Waals surface area contributed by atoms with E-state index in [1.807, 2.05) is 31.2 Å². The maximum Gasteiger partial charge on any atom is 0.266 e. The highest BCUT2D eigenvalue weighted by Gasteiger charge is 2.54. The van der Waals surface area contributed by atoms with Crippen LogP contribution < -0.4 is 15.6 Å². The Kier molecular flexibility index (Phi) is 11.0. The second-order valence-corrected chi connectivity index (χ2v) is 9.75. The first kappa shape index (κ1) is 30.9. The summed E-state index contributed by atoms with van der Waals surface area (Å²) in [6, 6.07) is 21.4. The van der Waals surface area contributed by atoms with Crippen molar-refractivity contribution in [1.29, 1.82) is 0 Å². The number of aliphatic hydroxyl groups is 1. The van der Waals surface area contributed by atoms with Crippen LogP contribution in [0.5, 0.6) is 5.75 Å². The molecule has 1 aliphatic rings. The van der Waals surface area contributed by atoms with Gasteiger partial charge in [0.05, 0.1) is 13.2 Å². The topological polar surface area (TPSA) is 190 Å². The molecule has 0 radical (unpaired) electrons. The number of hydrogen-bond donors (Lipinski definition) is 3. The average molecular weight is 584 g/mol. The summed E-state index contributed by atoms with van der Waals surface area (Å²) in [5.41, 5.74) is 25.4. The van der Waals surface area contributed by atoms with E-state index in [1.54, 1.807) is 48.5 Å². The molecule has 0 saturated carbocycles. The number of carbonyl (C=O) groups excluding carboxylic acids is 1. The number of azide groups is 2. The monoisotopic (exact) mass is 583 g/mol. The van der Waals surface area contributed by atoms with Crippen LogP contribution in [0.4, 0.5) is 5.69 Å². The van der Waals surface area contributed by atoms with Gasteiger partial charge in [-0.05, 0) is 52.9 Å². The van der Waals surface area contributed by atoms with Crippen molar-refractivity contribution in [3.05, 3.63) is 116 Å². The van der Waals surface area contributed by atoms with Crippen LogP contribution in [0.1, 0.15) is 48.1 Å². The standard InChI is InChI=1S/C30H33N9O4/c1-2-16-33-37-29(41)30(19-22-8-3-4-9-23(22)20-34-38-31)27(25-10-5-6-11-26(25)36-39-32)43-28(35-30)21-12-14-24(15-13-21)42-18-7-17-40/h3-6,8-15,27,33,40H,2,7,16-20H2,1H3,(H,37,41)/t27-,30-/m0/s1. The summed E-state index contributed by atoms with van der Waals surface area (Å²) < 4.78 is 12.2. The molecule has 3 N–H and O–H groups in total. The molecule has 0 spiro atoms. The first-order valence-electron chi connectivity index (χ1n) is 13.9. The molecular weight excluding hydrogens is 550 g/mol. The fourth-order valence-corrected chi connectivity index (χ4v) is 4.77. The van der Waals surface area contributed by atoms with Gasteiger partial charge in [-0.2, -0.15) is 0 Å². The van der Waals surface area contributed by atoms with Gasteiger partial charge in [-0.25, -0.2) is 10.4 Å². The van der Waals surface area contributed by atoms with Gasteiger partial charge in [0.1, 0.15) is 5.75 Å². The number of aliphatic imine (C=N–C) groups is 1. The van der Waals surface area contributed by atoms with Gasteiger partial charge in [0.15, 0.2) is 11.6 Å². The van der Waals surface area contributed by atoms with Crippen LogP contribution in [-0.2, 0) is 22.5 Å². The third-order valence-electron chi connectivity index (χ3n) is 6.86. The average Bonchev–Trinajstić information content (AvgIpc) is 3.42. The van der Waals surface area contributed by atoms with E-state index in [0.717, 1.165) is 17.5 Å². The lowest BCUT2D eigenvalue weighted by atomic mass is 9.80. The molecule has 1 heterocycles. The Hall–Kier alpha value is -5.06. The van der Waals surface area contributed by atoms with Crippen LogP contribution in [0.15, 0.2) is 88.0 Å². The SMILES string of the molecule is CCCNNC(=O)[C@@]1(Cc2ccccc2CN=[N+]=[N-])N=C(c2ccc(OCCCO)cc2)O[C@H]1c1ccccc1N=[N+]=[N-]. The largest absolute Gasteiger partial charge is 0.494 e. The molecule has 222 valence electrons. The number of nitrogens with zero attached hydrogens (tertiary/aromatic N) is 7. The van der Waals surface area contributed by atoms with Crippen molar-refractivity contribution in [2.45, 2.75) is 44.4 Å². The summed E-state index contributed by atoms with van der Waals surface area (Å²) in [4.78, 5) is 25.1. The molecule has 0 saturated heterocycles. The van der Waals surface area contributed by atoms with Gasteiger partial charge in [-0.1, -0.05) is 65.7 Å². The maximum atomic E-state index is 14.2. The van der Waals surface area contributed by atoms with E-state index >= 15 is 0 Å². The molecule has 13 heteroatoms. The Morgan fingerprint density at radius 1 is 1.07 bits per heavy atom. The van der Waals surface area contributed by atoms with Gasteiger partial charge in [0.2, 0.25) is 5.90 Å². The zero-order chi connectivity index (χ0) is 30.5. The van der Waals surface area contributed by atoms with Crippen LogP contribution in [0.25, 0.3) is 20.9 Å². The molecule has 2 atom stereocenters. The van der Waals surface area contributed by atoms with E-state index < -0.39 is 17.6 Å². The summed E-state index contributed by atoms with van der Waals surface area (Å²) in [7, 11) is 0. The number of amides is 1. The van der Waals surface area contributed by atoms with E-state index in [-0.39, 0.29) is 25.5 Å². The van der Waals surface area contributed by atoms with Gasteiger partial charge in [-0.3, -0.25) is 10.2 Å². The van der Waals surface area contributed by atoms with Crippen molar-refractivity contribution in [3.63, 3.8) is 0 Å². The lowest BCUT2D eigenvalue weighted by Crippen LogP contribution is -2.54. The number of aliphatic hydroxyl groups excluding tert-OH is 1. The van der Waals surface area contributed by atoms with E-state index in [2.05, 4.69) is 30.9 Å². The third kappa shape index (κ3) is 7.42. The number of hydrazine groups is 1. The second kappa shape index (κ2) is 15.2. The Balaban J connectivity index is 1.86. The van der Waals surface area contributed by atoms with Gasteiger partial charge in [0.25, 0.3) is 5.91 Å². The van der Waals surface area contributed by atoms with Gasteiger partial charge >= 0.3 is 0 Å². The van der Waals surface area contributed by atoms with Crippen molar-refractivity contribution < 1.29 is 19.4 Å². The first-order chi connectivity index (χ1) is 21.1. The fraction of sp³-hybridized carbons (Fsp3) is 0.333. The minimum Gasteiger partial charge on any atom is -0.494 e. The van der Waals surface area contributed by atoms with E-state index in [4.69, 9.17) is 25.1 Å². The van der Waals surface area contributed by atoms with Gasteiger partial charge in [-0.15, -0.1) is 0 Å². The fourth-order valence-electron chi connectivity index (χ4n) is 4.77. The number of hydrogen-bond acceptors (Lipinski definition) is 8. The Morgan fingerprint density at radius 2 is 1.81 bits per heavy atom. The van der Waals surface area contributed by atoms with Crippen molar-refractivity contribution in [3.8, 4) is 5.75 Å². The van der Waals surface area contributed by atoms with E-state index in [9.17, 15) is 10.3 Å². The van der Waals surface area contributed by atoms with E-state index in [1.165, 1.54) is 0 Å². The van der Waals surface area contributed by atoms with Crippen molar-refractivity contribution in [2.24, 2.45) is 15.2 Å². The zero-order valence-electron chi connectivity index (χ0n) is 23.8. The molecule has 3 aromatic rings. The highest BCUT2D eigenvalue weighted by atomic mass is 16.5. The molecule has 4 rings (SSSR count). The molecule has 0 bridgehead atoms. The maximum absolute atomic E-state index is 14.2. The summed E-state index contributed by atoms with van der Waals surface area (Å²) in [6.07, 6.45) is 0.392. The molecule has 13 nitrogen and oxygen atoms in total. The van der Waals surface area contributed by atoms with Gasteiger partial charge < -0.3 is 14.6 Å². The molecule has 0 aromatic heterocycles. The predicted molar refractivity (Wildman–Crippen MR) is 161 cm³/mol. The lowest BCUT2D eigenvalue weighted by molar-refractivity contribution is -0.130. The molecule has 0 aliphatic carbocycles. The lowest BCUT2D eigenvalue weighted by Gasteiger charge is -2.32. The zero-order valence-corrected chi connectivity index (χ0v) is 23.8. The highest BCUT2D eigenvalue weighted by molar-refractivity contribution is 6.01. The van der Waals surface area contributed by atoms with Crippen molar-refractivity contribution in [1.82, 2.24) is 10.9 Å². The normalized spacial score (nSPS) is 17.2. The molecule has 0 unspecified atom stereocenters. The van der Waals surface area contributed by atoms with Crippen molar-refractivity contribution >= 4 is 17.5 Å². The smallest absolute Gasteiger partial charge is 0.266 e. The third-order valence-corrected chi connectivity index (χ3v) is 6.86. The molecule has 43 heavy (non-hydrogen) atoms. The van der Waals surface area contributed by atoms with Gasteiger partial charge in [0, 0.05) is 52.6 Å². The number of carbonyl (C=O) groups is 1. The number of rotatable bonds is 15. The van der Waals surface area contributed by atoms with Crippen LogP contribution in [0.2, 0.25) is 0 Å². The molecule has 3 aromatic carbocycles. The first-order valence-corrected chi connectivity index (χ1v) is 13.9. The molecule has 1 amide bonds. The summed E-state index contributed by atoms with van der Waals surface area (Å²) in [5, 5.41) is 16.6. The molecule has 0 fully saturated rings. The number of nitrogens with one attached hydrogen (secondary N) is 2. The van der Waals surface area contributed by atoms with Crippen molar-refractivity contribution in [2.75, 3.05) is 19.8 Å².